The highest BCUT2D eigenvalue weighted by Crippen LogP contribution is 2.28. The molecule has 0 amide bonds. The summed E-state index contributed by atoms with van der Waals surface area (Å²) in [6.45, 7) is 2.04. The summed E-state index contributed by atoms with van der Waals surface area (Å²) in [6, 6.07) is 11.6. The molecular weight excluding hydrogens is 326 g/mol. The van der Waals surface area contributed by atoms with Gasteiger partial charge in [0.05, 0.1) is 16.7 Å². The van der Waals surface area contributed by atoms with Gasteiger partial charge in [0.25, 0.3) is 0 Å². The minimum Gasteiger partial charge on any atom is -0.369 e. The fraction of sp³-hybridized carbons (Fsp3) is 0.0714. The number of aryl methyl sites for hydroxylation is 1. The van der Waals surface area contributed by atoms with Gasteiger partial charge >= 0.3 is 0 Å². The van der Waals surface area contributed by atoms with Crippen LogP contribution in [0.1, 0.15) is 5.56 Å². The van der Waals surface area contributed by atoms with Crippen molar-refractivity contribution in [1.29, 1.82) is 0 Å². The Morgan fingerprint density at radius 2 is 2.00 bits per heavy atom. The Morgan fingerprint density at radius 3 is 2.74 bits per heavy atom. The lowest BCUT2D eigenvalue weighted by Crippen LogP contribution is -2.02. The van der Waals surface area contributed by atoms with Crippen LogP contribution in [0, 0.1) is 6.92 Å². The second kappa shape index (κ2) is 4.54. The minimum absolute atomic E-state index is 0.461. The van der Waals surface area contributed by atoms with E-state index in [2.05, 4.69) is 20.9 Å². The minimum atomic E-state index is 0.461. The van der Waals surface area contributed by atoms with Crippen molar-refractivity contribution >= 4 is 44.5 Å². The SMILES string of the molecule is Cc1cc(Br)ccc1-n1c(N)nc2ccc(Cl)cc21. The van der Waals surface area contributed by atoms with E-state index in [9.17, 15) is 0 Å². The molecule has 0 saturated heterocycles. The number of benzene rings is 2. The zero-order valence-electron chi connectivity index (χ0n) is 10.2. The molecule has 3 aromatic rings. The van der Waals surface area contributed by atoms with Gasteiger partial charge in [0.15, 0.2) is 0 Å². The van der Waals surface area contributed by atoms with E-state index >= 15 is 0 Å². The van der Waals surface area contributed by atoms with Gasteiger partial charge in [-0.2, -0.15) is 0 Å². The number of hydrogen-bond acceptors (Lipinski definition) is 2. The molecule has 3 nitrogen and oxygen atoms in total. The second-order valence-electron chi connectivity index (χ2n) is 4.37. The van der Waals surface area contributed by atoms with Crippen molar-refractivity contribution in [3.8, 4) is 5.69 Å². The number of fused-ring (bicyclic) bond motifs is 1. The van der Waals surface area contributed by atoms with Gasteiger partial charge in [-0.15, -0.1) is 0 Å². The predicted octanol–water partition coefficient (Wildman–Crippen LogP) is 4.33. The molecule has 19 heavy (non-hydrogen) atoms. The third-order valence-electron chi connectivity index (χ3n) is 3.04. The van der Waals surface area contributed by atoms with E-state index < -0.39 is 0 Å². The van der Waals surface area contributed by atoms with Gasteiger partial charge in [0.2, 0.25) is 5.95 Å². The quantitative estimate of drug-likeness (QED) is 0.718. The summed E-state index contributed by atoms with van der Waals surface area (Å²) in [6.07, 6.45) is 0. The molecule has 0 aliphatic rings. The van der Waals surface area contributed by atoms with E-state index in [-0.39, 0.29) is 0 Å². The smallest absolute Gasteiger partial charge is 0.205 e. The highest BCUT2D eigenvalue weighted by atomic mass is 79.9. The van der Waals surface area contributed by atoms with Crippen molar-refractivity contribution in [3.63, 3.8) is 0 Å². The molecule has 3 rings (SSSR count). The first-order chi connectivity index (χ1) is 9.06. The van der Waals surface area contributed by atoms with Gasteiger partial charge in [-0.05, 0) is 48.9 Å². The largest absolute Gasteiger partial charge is 0.369 e. The number of nitrogen functional groups attached to an aromatic ring is 1. The standard InChI is InChI=1S/C14H11BrClN3/c1-8-6-9(15)2-5-12(8)19-13-7-10(16)3-4-11(13)18-14(19)17/h2-7H,1H3,(H2,17,18). The molecule has 2 N–H and O–H groups in total. The third kappa shape index (κ3) is 2.11. The highest BCUT2D eigenvalue weighted by Gasteiger charge is 2.12. The Balaban J connectivity index is 2.35. The lowest BCUT2D eigenvalue weighted by Gasteiger charge is -2.10. The molecule has 0 fully saturated rings. The molecule has 0 atom stereocenters. The van der Waals surface area contributed by atoms with Crippen LogP contribution in [0.5, 0.6) is 0 Å². The lowest BCUT2D eigenvalue weighted by molar-refractivity contribution is 1.09. The molecule has 0 bridgehead atoms. The normalized spacial score (nSPS) is 11.1. The Kier molecular flexibility index (Phi) is 2.99. The number of hydrogen-bond donors (Lipinski definition) is 1. The summed E-state index contributed by atoms with van der Waals surface area (Å²) in [4.78, 5) is 4.36. The number of halogens is 2. The first-order valence-electron chi connectivity index (χ1n) is 5.76. The molecular formula is C14H11BrClN3. The first kappa shape index (κ1) is 12.5. The van der Waals surface area contributed by atoms with Crippen LogP contribution < -0.4 is 5.73 Å². The molecule has 0 spiro atoms. The molecule has 1 heterocycles. The van der Waals surface area contributed by atoms with E-state index in [1.807, 2.05) is 47.9 Å². The second-order valence-corrected chi connectivity index (χ2v) is 5.72. The topological polar surface area (TPSA) is 43.8 Å². The zero-order valence-corrected chi connectivity index (χ0v) is 12.5. The predicted molar refractivity (Wildman–Crippen MR) is 82.9 cm³/mol. The Labute approximate surface area is 124 Å². The molecule has 96 valence electrons. The van der Waals surface area contributed by atoms with Gasteiger partial charge in [-0.1, -0.05) is 27.5 Å². The Hall–Kier alpha value is -1.52. The fourth-order valence-electron chi connectivity index (χ4n) is 2.19. The van der Waals surface area contributed by atoms with Gasteiger partial charge in [0, 0.05) is 9.50 Å². The van der Waals surface area contributed by atoms with E-state index in [1.54, 1.807) is 0 Å². The molecule has 0 aliphatic carbocycles. The van der Waals surface area contributed by atoms with Crippen LogP contribution in [0.4, 0.5) is 5.95 Å². The van der Waals surface area contributed by atoms with Crippen molar-refractivity contribution in [3.05, 3.63) is 51.5 Å². The number of imidazole rings is 1. The summed E-state index contributed by atoms with van der Waals surface area (Å²) < 4.78 is 2.96. The molecule has 5 heteroatoms. The van der Waals surface area contributed by atoms with Crippen LogP contribution in [-0.4, -0.2) is 9.55 Å². The molecule has 1 aromatic heterocycles. The lowest BCUT2D eigenvalue weighted by atomic mass is 10.2. The van der Waals surface area contributed by atoms with Crippen molar-refractivity contribution in [2.45, 2.75) is 6.92 Å². The molecule has 2 aromatic carbocycles. The number of nitrogens with two attached hydrogens (primary N) is 1. The summed E-state index contributed by atoms with van der Waals surface area (Å²) in [7, 11) is 0. The van der Waals surface area contributed by atoms with Crippen LogP contribution in [0.3, 0.4) is 0 Å². The van der Waals surface area contributed by atoms with E-state index in [4.69, 9.17) is 17.3 Å². The first-order valence-corrected chi connectivity index (χ1v) is 6.93. The molecule has 0 radical (unpaired) electrons. The highest BCUT2D eigenvalue weighted by molar-refractivity contribution is 9.10. The van der Waals surface area contributed by atoms with Gasteiger partial charge in [-0.3, -0.25) is 4.57 Å². The average Bonchev–Trinajstić information content (AvgIpc) is 2.65. The van der Waals surface area contributed by atoms with Crippen LogP contribution >= 0.6 is 27.5 Å². The molecule has 0 aliphatic heterocycles. The van der Waals surface area contributed by atoms with E-state index in [1.165, 1.54) is 0 Å². The van der Waals surface area contributed by atoms with E-state index in [0.29, 0.717) is 11.0 Å². The summed E-state index contributed by atoms with van der Waals surface area (Å²) in [5.41, 5.74) is 9.91. The maximum atomic E-state index is 6.06. The number of nitrogens with zero attached hydrogens (tertiary/aromatic N) is 2. The Bertz CT molecular complexity index is 780. The molecule has 0 saturated carbocycles. The third-order valence-corrected chi connectivity index (χ3v) is 3.77. The maximum absolute atomic E-state index is 6.06. The van der Waals surface area contributed by atoms with Crippen molar-refractivity contribution in [2.24, 2.45) is 0 Å². The van der Waals surface area contributed by atoms with Crippen molar-refractivity contribution in [1.82, 2.24) is 9.55 Å². The van der Waals surface area contributed by atoms with Gasteiger partial charge in [-0.25, -0.2) is 4.98 Å². The van der Waals surface area contributed by atoms with E-state index in [0.717, 1.165) is 26.8 Å². The summed E-state index contributed by atoms with van der Waals surface area (Å²) >= 11 is 9.53. The van der Waals surface area contributed by atoms with Crippen molar-refractivity contribution < 1.29 is 0 Å². The van der Waals surface area contributed by atoms with Crippen LogP contribution in [0.2, 0.25) is 5.02 Å². The van der Waals surface area contributed by atoms with Crippen LogP contribution in [0.25, 0.3) is 16.7 Å². The number of anilines is 1. The molecule has 0 unspecified atom stereocenters. The summed E-state index contributed by atoms with van der Waals surface area (Å²) in [5, 5.41) is 0.670. The van der Waals surface area contributed by atoms with Crippen LogP contribution in [0.15, 0.2) is 40.9 Å². The van der Waals surface area contributed by atoms with Crippen LogP contribution in [-0.2, 0) is 0 Å². The average molecular weight is 337 g/mol. The monoisotopic (exact) mass is 335 g/mol. The Morgan fingerprint density at radius 1 is 1.21 bits per heavy atom. The number of aromatic nitrogens is 2. The fourth-order valence-corrected chi connectivity index (χ4v) is 2.83. The zero-order chi connectivity index (χ0) is 13.6. The number of rotatable bonds is 1. The van der Waals surface area contributed by atoms with Gasteiger partial charge < -0.3 is 5.73 Å². The van der Waals surface area contributed by atoms with Crippen molar-refractivity contribution in [2.75, 3.05) is 5.73 Å². The van der Waals surface area contributed by atoms with Gasteiger partial charge in [0.1, 0.15) is 0 Å². The maximum Gasteiger partial charge on any atom is 0.205 e. The summed E-state index contributed by atoms with van der Waals surface area (Å²) in [5.74, 6) is 0.461.